The van der Waals surface area contributed by atoms with Crippen molar-refractivity contribution in [1.29, 1.82) is 0 Å². The van der Waals surface area contributed by atoms with Crippen molar-refractivity contribution in [2.75, 3.05) is 23.3 Å². The number of amides is 2. The molecular formula is C20H23N7O. The molecule has 0 bridgehead atoms. The monoisotopic (exact) mass is 377 g/mol. The molecule has 0 unspecified atom stereocenters. The molecule has 28 heavy (non-hydrogen) atoms. The molecule has 1 saturated heterocycles. The number of piperidine rings is 1. The van der Waals surface area contributed by atoms with E-state index in [0.717, 1.165) is 30.2 Å². The Morgan fingerprint density at radius 3 is 2.75 bits per heavy atom. The fourth-order valence-electron chi connectivity index (χ4n) is 3.41. The third-order valence-corrected chi connectivity index (χ3v) is 4.78. The van der Waals surface area contributed by atoms with Crippen molar-refractivity contribution in [2.45, 2.75) is 25.8 Å². The van der Waals surface area contributed by atoms with Crippen LogP contribution in [0.15, 0.2) is 55.2 Å². The van der Waals surface area contributed by atoms with Crippen LogP contribution in [0.25, 0.3) is 5.69 Å². The number of rotatable bonds is 5. The lowest BCUT2D eigenvalue weighted by Crippen LogP contribution is -2.33. The maximum Gasteiger partial charge on any atom is 0.319 e. The highest BCUT2D eigenvalue weighted by atomic mass is 16.2. The first-order valence-corrected chi connectivity index (χ1v) is 9.49. The van der Waals surface area contributed by atoms with E-state index in [2.05, 4.69) is 30.6 Å². The van der Waals surface area contributed by atoms with E-state index >= 15 is 0 Å². The summed E-state index contributed by atoms with van der Waals surface area (Å²) in [7, 11) is 0. The van der Waals surface area contributed by atoms with Crippen molar-refractivity contribution >= 4 is 17.5 Å². The van der Waals surface area contributed by atoms with Crippen molar-refractivity contribution in [2.24, 2.45) is 0 Å². The van der Waals surface area contributed by atoms with Gasteiger partial charge in [-0.25, -0.2) is 19.4 Å². The Morgan fingerprint density at radius 2 is 1.93 bits per heavy atom. The quantitative estimate of drug-likeness (QED) is 0.714. The van der Waals surface area contributed by atoms with Gasteiger partial charge in [0.25, 0.3) is 0 Å². The zero-order valence-corrected chi connectivity index (χ0v) is 15.6. The molecule has 0 radical (unpaired) electrons. The van der Waals surface area contributed by atoms with Crippen LogP contribution in [0.5, 0.6) is 0 Å². The van der Waals surface area contributed by atoms with Gasteiger partial charge in [0.2, 0.25) is 0 Å². The second-order valence-electron chi connectivity index (χ2n) is 6.70. The molecule has 8 heteroatoms. The fourth-order valence-corrected chi connectivity index (χ4v) is 3.41. The highest BCUT2D eigenvalue weighted by molar-refractivity contribution is 5.91. The van der Waals surface area contributed by atoms with Crippen LogP contribution in [0.3, 0.4) is 0 Å². The van der Waals surface area contributed by atoms with E-state index in [0.29, 0.717) is 12.2 Å². The second kappa shape index (κ2) is 8.51. The summed E-state index contributed by atoms with van der Waals surface area (Å²) in [6.45, 7) is 2.44. The molecule has 3 aromatic rings. The van der Waals surface area contributed by atoms with Crippen molar-refractivity contribution < 1.29 is 4.79 Å². The van der Waals surface area contributed by atoms with Crippen LogP contribution in [0.4, 0.5) is 16.3 Å². The Hall–Kier alpha value is -3.42. The Bertz CT molecular complexity index is 920. The minimum absolute atomic E-state index is 0.277. The number of carbonyl (C=O) groups is 1. The smallest absolute Gasteiger partial charge is 0.319 e. The average Bonchev–Trinajstić information content (AvgIpc) is 3.28. The first-order valence-electron chi connectivity index (χ1n) is 9.49. The van der Waals surface area contributed by atoms with Crippen molar-refractivity contribution in [3.8, 4) is 5.69 Å². The number of hydrogen-bond donors (Lipinski definition) is 2. The maximum atomic E-state index is 12.5. The number of nitrogens with one attached hydrogen (secondary N) is 2. The lowest BCUT2D eigenvalue weighted by molar-refractivity contribution is 0.251. The van der Waals surface area contributed by atoms with Crippen molar-refractivity contribution in [1.82, 2.24) is 25.1 Å². The van der Waals surface area contributed by atoms with Gasteiger partial charge in [-0.2, -0.15) is 5.10 Å². The summed E-state index contributed by atoms with van der Waals surface area (Å²) in [6.07, 6.45) is 8.50. The highest BCUT2D eigenvalue weighted by Gasteiger charge is 2.16. The van der Waals surface area contributed by atoms with Crippen LogP contribution < -0.4 is 15.5 Å². The zero-order valence-electron chi connectivity index (χ0n) is 15.6. The summed E-state index contributed by atoms with van der Waals surface area (Å²) in [5.41, 5.74) is 2.43. The molecule has 2 amide bonds. The van der Waals surface area contributed by atoms with Gasteiger partial charge in [0.05, 0.1) is 11.4 Å². The van der Waals surface area contributed by atoms with Crippen LogP contribution in [0, 0.1) is 0 Å². The Morgan fingerprint density at radius 1 is 1.07 bits per heavy atom. The first-order chi connectivity index (χ1) is 13.8. The Balaban J connectivity index is 1.42. The van der Waals surface area contributed by atoms with Gasteiger partial charge < -0.3 is 15.5 Å². The molecule has 0 spiro atoms. The summed E-state index contributed by atoms with van der Waals surface area (Å²) in [5, 5.41) is 9.96. The lowest BCUT2D eigenvalue weighted by atomic mass is 10.1. The normalized spacial score (nSPS) is 13.9. The molecule has 2 N–H and O–H groups in total. The van der Waals surface area contributed by atoms with Crippen LogP contribution in [0.1, 0.15) is 24.8 Å². The molecule has 1 aliphatic heterocycles. The van der Waals surface area contributed by atoms with E-state index in [-0.39, 0.29) is 6.03 Å². The number of nitrogens with zero attached hydrogens (tertiary/aromatic N) is 5. The molecule has 0 saturated carbocycles. The average molecular weight is 377 g/mol. The summed E-state index contributed by atoms with van der Waals surface area (Å²) in [6, 6.07) is 11.1. The van der Waals surface area contributed by atoms with Gasteiger partial charge >= 0.3 is 6.03 Å². The standard InChI is InChI=1S/C20H23N7O/c28-20(25-17-8-2-3-9-18(17)27-15-21-14-24-27)23-13-16-7-6-10-22-19(16)26-11-4-1-5-12-26/h2-3,6-10,14-15H,1,4-5,11-13H2,(H2,23,25,28). The second-order valence-corrected chi connectivity index (χ2v) is 6.70. The molecule has 1 fully saturated rings. The van der Waals surface area contributed by atoms with E-state index in [1.807, 2.05) is 42.6 Å². The van der Waals surface area contributed by atoms with E-state index < -0.39 is 0 Å². The minimum Gasteiger partial charge on any atom is -0.356 e. The zero-order chi connectivity index (χ0) is 19.2. The van der Waals surface area contributed by atoms with E-state index in [1.54, 1.807) is 11.0 Å². The summed E-state index contributed by atoms with van der Waals surface area (Å²) >= 11 is 0. The van der Waals surface area contributed by atoms with Gasteiger partial charge in [0.15, 0.2) is 0 Å². The Labute approximate surface area is 163 Å². The number of pyridine rings is 1. The predicted octanol–water partition coefficient (Wildman–Crippen LogP) is 2.97. The van der Waals surface area contributed by atoms with Crippen LogP contribution in [0.2, 0.25) is 0 Å². The molecule has 2 aromatic heterocycles. The van der Waals surface area contributed by atoms with Crippen LogP contribution >= 0.6 is 0 Å². The topological polar surface area (TPSA) is 88.0 Å². The van der Waals surface area contributed by atoms with Crippen LogP contribution in [-0.4, -0.2) is 38.9 Å². The lowest BCUT2D eigenvalue weighted by Gasteiger charge is -2.29. The van der Waals surface area contributed by atoms with Gasteiger partial charge in [-0.3, -0.25) is 0 Å². The molecule has 1 aliphatic rings. The first kappa shape index (κ1) is 18.0. The summed E-state index contributed by atoms with van der Waals surface area (Å²) in [5.74, 6) is 0.963. The van der Waals surface area contributed by atoms with Gasteiger partial charge in [-0.15, -0.1) is 0 Å². The van der Waals surface area contributed by atoms with Crippen molar-refractivity contribution in [3.05, 3.63) is 60.8 Å². The van der Waals surface area contributed by atoms with Crippen LogP contribution in [-0.2, 0) is 6.54 Å². The van der Waals surface area contributed by atoms with Gasteiger partial charge in [-0.05, 0) is 37.5 Å². The number of para-hydroxylation sites is 2. The predicted molar refractivity (Wildman–Crippen MR) is 108 cm³/mol. The van der Waals surface area contributed by atoms with E-state index in [4.69, 9.17) is 0 Å². The molecule has 8 nitrogen and oxygen atoms in total. The molecule has 144 valence electrons. The number of urea groups is 1. The third kappa shape index (κ3) is 4.11. The highest BCUT2D eigenvalue weighted by Crippen LogP contribution is 2.22. The van der Waals surface area contributed by atoms with Gasteiger partial charge in [0, 0.05) is 31.4 Å². The minimum atomic E-state index is -0.277. The van der Waals surface area contributed by atoms with E-state index in [9.17, 15) is 4.79 Å². The number of carbonyl (C=O) groups excluding carboxylic acids is 1. The summed E-state index contributed by atoms with van der Waals surface area (Å²) in [4.78, 5) is 23.3. The van der Waals surface area contributed by atoms with Crippen molar-refractivity contribution in [3.63, 3.8) is 0 Å². The molecule has 4 rings (SSSR count). The largest absolute Gasteiger partial charge is 0.356 e. The molecule has 3 heterocycles. The number of anilines is 2. The number of benzene rings is 1. The third-order valence-electron chi connectivity index (χ3n) is 4.78. The van der Waals surface area contributed by atoms with Gasteiger partial charge in [0.1, 0.15) is 18.5 Å². The SMILES string of the molecule is O=C(NCc1cccnc1N1CCCCC1)Nc1ccccc1-n1cncn1. The maximum absolute atomic E-state index is 12.5. The summed E-state index contributed by atoms with van der Waals surface area (Å²) < 4.78 is 1.62. The molecule has 1 aromatic carbocycles. The van der Waals surface area contributed by atoms with Gasteiger partial charge in [-0.1, -0.05) is 18.2 Å². The molecular weight excluding hydrogens is 354 g/mol. The fraction of sp³-hybridized carbons (Fsp3) is 0.300. The number of hydrogen-bond acceptors (Lipinski definition) is 5. The Kier molecular flexibility index (Phi) is 5.46. The van der Waals surface area contributed by atoms with E-state index in [1.165, 1.54) is 25.6 Å². The molecule has 0 aliphatic carbocycles. The molecule has 0 atom stereocenters. The number of aromatic nitrogens is 4.